The molecule has 6 heteroatoms. The molecule has 0 aliphatic rings. The molecule has 5 nitrogen and oxygen atoms in total. The van der Waals surface area contributed by atoms with Crippen molar-refractivity contribution >= 4 is 23.2 Å². The first-order valence-electron chi connectivity index (χ1n) is 10.0. The molecule has 0 aliphatic carbocycles. The van der Waals surface area contributed by atoms with Crippen LogP contribution in [0.2, 0.25) is 0 Å². The Morgan fingerprint density at radius 1 is 0.871 bits per heavy atom. The number of nitrogens with one attached hydrogen (secondary N) is 2. The SMILES string of the molecule is Cc1cccc(C)c1NC(=O)CN(C)[C@@H](C(=O)Nc1ccc(F)cc1)c1ccccc1. The van der Waals surface area contributed by atoms with Crippen LogP contribution in [0.5, 0.6) is 0 Å². The van der Waals surface area contributed by atoms with Gasteiger partial charge in [0.15, 0.2) is 0 Å². The topological polar surface area (TPSA) is 61.4 Å². The van der Waals surface area contributed by atoms with E-state index in [0.717, 1.165) is 22.4 Å². The third kappa shape index (κ3) is 5.77. The van der Waals surface area contributed by atoms with Crippen LogP contribution in [0.1, 0.15) is 22.7 Å². The molecule has 160 valence electrons. The second-order valence-electron chi connectivity index (χ2n) is 7.54. The third-order valence-corrected chi connectivity index (χ3v) is 5.05. The van der Waals surface area contributed by atoms with Crippen LogP contribution >= 0.6 is 0 Å². The van der Waals surface area contributed by atoms with Crippen LogP contribution in [0.15, 0.2) is 72.8 Å². The van der Waals surface area contributed by atoms with Crippen LogP contribution in [0.3, 0.4) is 0 Å². The molecule has 0 bridgehead atoms. The van der Waals surface area contributed by atoms with E-state index < -0.39 is 6.04 Å². The van der Waals surface area contributed by atoms with Crippen molar-refractivity contribution < 1.29 is 14.0 Å². The van der Waals surface area contributed by atoms with Gasteiger partial charge in [0.2, 0.25) is 11.8 Å². The number of carbonyl (C=O) groups excluding carboxylic acids is 2. The summed E-state index contributed by atoms with van der Waals surface area (Å²) in [5, 5.41) is 5.77. The Bertz CT molecular complexity index is 1030. The number of likely N-dealkylation sites (N-methyl/N-ethyl adjacent to an activating group) is 1. The zero-order valence-electron chi connectivity index (χ0n) is 17.9. The molecule has 0 spiro atoms. The maximum absolute atomic E-state index is 13.2. The van der Waals surface area contributed by atoms with Crippen LogP contribution in [0.25, 0.3) is 0 Å². The lowest BCUT2D eigenvalue weighted by molar-refractivity contribution is -0.123. The number of halogens is 1. The number of hydrogen-bond acceptors (Lipinski definition) is 3. The number of amides is 2. The summed E-state index contributed by atoms with van der Waals surface area (Å²) in [6.45, 7) is 3.90. The summed E-state index contributed by atoms with van der Waals surface area (Å²) < 4.78 is 13.2. The van der Waals surface area contributed by atoms with Gasteiger partial charge >= 0.3 is 0 Å². The van der Waals surface area contributed by atoms with Gasteiger partial charge in [0.25, 0.3) is 0 Å². The normalized spacial score (nSPS) is 11.8. The fraction of sp³-hybridized carbons (Fsp3) is 0.200. The Kier molecular flexibility index (Phi) is 7.15. The molecule has 0 heterocycles. The minimum atomic E-state index is -0.699. The Balaban J connectivity index is 1.77. The van der Waals surface area contributed by atoms with Crippen LogP contribution in [-0.4, -0.2) is 30.3 Å². The molecule has 1 atom stereocenters. The van der Waals surface area contributed by atoms with Gasteiger partial charge in [-0.1, -0.05) is 48.5 Å². The Morgan fingerprint density at radius 2 is 1.48 bits per heavy atom. The van der Waals surface area contributed by atoms with Gasteiger partial charge in [-0.25, -0.2) is 4.39 Å². The maximum atomic E-state index is 13.2. The molecular weight excluding hydrogens is 393 g/mol. The van der Waals surface area contributed by atoms with Gasteiger partial charge < -0.3 is 10.6 Å². The quantitative estimate of drug-likeness (QED) is 0.584. The van der Waals surface area contributed by atoms with Crippen LogP contribution in [0, 0.1) is 19.7 Å². The molecule has 0 fully saturated rings. The molecule has 2 amide bonds. The van der Waals surface area contributed by atoms with E-state index in [1.165, 1.54) is 24.3 Å². The number of benzene rings is 3. The number of nitrogens with zero attached hydrogens (tertiary/aromatic N) is 1. The monoisotopic (exact) mass is 419 g/mol. The predicted octanol–water partition coefficient (Wildman–Crippen LogP) is 4.69. The molecule has 0 aromatic heterocycles. The van der Waals surface area contributed by atoms with Gasteiger partial charge in [0, 0.05) is 11.4 Å². The lowest BCUT2D eigenvalue weighted by Crippen LogP contribution is -2.39. The highest BCUT2D eigenvalue weighted by molar-refractivity contribution is 5.97. The summed E-state index contributed by atoms with van der Waals surface area (Å²) >= 11 is 0. The highest BCUT2D eigenvalue weighted by Gasteiger charge is 2.27. The summed E-state index contributed by atoms with van der Waals surface area (Å²) in [7, 11) is 1.73. The smallest absolute Gasteiger partial charge is 0.246 e. The third-order valence-electron chi connectivity index (χ3n) is 5.05. The van der Waals surface area contributed by atoms with Crippen molar-refractivity contribution in [1.29, 1.82) is 0 Å². The lowest BCUT2D eigenvalue weighted by Gasteiger charge is -2.27. The van der Waals surface area contributed by atoms with Crippen molar-refractivity contribution in [2.24, 2.45) is 0 Å². The molecule has 0 saturated heterocycles. The molecule has 2 N–H and O–H groups in total. The van der Waals surface area contributed by atoms with Crippen LogP contribution in [0.4, 0.5) is 15.8 Å². The minimum Gasteiger partial charge on any atom is -0.324 e. The number of rotatable bonds is 7. The molecule has 3 rings (SSSR count). The Labute approximate surface area is 181 Å². The van der Waals surface area contributed by atoms with Crippen molar-refractivity contribution in [2.45, 2.75) is 19.9 Å². The highest BCUT2D eigenvalue weighted by atomic mass is 19.1. The number of aryl methyl sites for hydroxylation is 2. The summed E-state index contributed by atoms with van der Waals surface area (Å²) in [6.07, 6.45) is 0. The van der Waals surface area contributed by atoms with Crippen molar-refractivity contribution in [3.63, 3.8) is 0 Å². The average Bonchev–Trinajstić information content (AvgIpc) is 2.73. The minimum absolute atomic E-state index is 0.0180. The van der Waals surface area contributed by atoms with Gasteiger partial charge in [-0.3, -0.25) is 14.5 Å². The van der Waals surface area contributed by atoms with Crippen LogP contribution < -0.4 is 10.6 Å². The van der Waals surface area contributed by atoms with Gasteiger partial charge in [-0.2, -0.15) is 0 Å². The Morgan fingerprint density at radius 3 is 2.10 bits per heavy atom. The van der Waals surface area contributed by atoms with Gasteiger partial charge in [-0.05, 0) is 61.9 Å². The molecule has 3 aromatic carbocycles. The second-order valence-corrected chi connectivity index (χ2v) is 7.54. The van der Waals surface area contributed by atoms with E-state index in [9.17, 15) is 14.0 Å². The fourth-order valence-corrected chi connectivity index (χ4v) is 3.49. The van der Waals surface area contributed by atoms with Gasteiger partial charge in [-0.15, -0.1) is 0 Å². The Hall–Kier alpha value is -3.51. The first-order valence-corrected chi connectivity index (χ1v) is 10.0. The zero-order valence-corrected chi connectivity index (χ0v) is 17.9. The molecule has 0 saturated carbocycles. The largest absolute Gasteiger partial charge is 0.324 e. The van der Waals surface area contributed by atoms with Crippen LogP contribution in [-0.2, 0) is 9.59 Å². The van der Waals surface area contributed by atoms with Gasteiger partial charge in [0.05, 0.1) is 6.54 Å². The summed E-state index contributed by atoms with van der Waals surface area (Å²) in [6, 6.07) is 19.9. The number of para-hydroxylation sites is 1. The van der Waals surface area contributed by atoms with Crippen molar-refractivity contribution in [1.82, 2.24) is 4.90 Å². The maximum Gasteiger partial charge on any atom is 0.246 e. The number of anilines is 2. The molecule has 0 aliphatic heterocycles. The predicted molar refractivity (Wildman–Crippen MR) is 121 cm³/mol. The molecule has 0 radical (unpaired) electrons. The number of carbonyl (C=O) groups is 2. The van der Waals surface area contributed by atoms with E-state index in [2.05, 4.69) is 10.6 Å². The first kappa shape index (κ1) is 22.2. The molecule has 3 aromatic rings. The van der Waals surface area contributed by atoms with E-state index in [1.807, 2.05) is 62.4 Å². The fourth-order valence-electron chi connectivity index (χ4n) is 3.49. The van der Waals surface area contributed by atoms with E-state index in [1.54, 1.807) is 11.9 Å². The number of hydrogen-bond donors (Lipinski definition) is 2. The summed E-state index contributed by atoms with van der Waals surface area (Å²) in [5.41, 5.74) is 3.98. The summed E-state index contributed by atoms with van der Waals surface area (Å²) in [5.74, 6) is -0.895. The summed E-state index contributed by atoms with van der Waals surface area (Å²) in [4.78, 5) is 27.6. The van der Waals surface area contributed by atoms with E-state index >= 15 is 0 Å². The molecule has 31 heavy (non-hydrogen) atoms. The van der Waals surface area contributed by atoms with E-state index in [0.29, 0.717) is 5.69 Å². The van der Waals surface area contributed by atoms with E-state index in [-0.39, 0.29) is 24.2 Å². The highest BCUT2D eigenvalue weighted by Crippen LogP contribution is 2.23. The lowest BCUT2D eigenvalue weighted by atomic mass is 10.0. The van der Waals surface area contributed by atoms with Gasteiger partial charge in [0.1, 0.15) is 11.9 Å². The second kappa shape index (κ2) is 10.00. The zero-order chi connectivity index (χ0) is 22.4. The van der Waals surface area contributed by atoms with Crippen molar-refractivity contribution in [3.05, 3.63) is 95.3 Å². The molecule has 0 unspecified atom stereocenters. The standard InChI is InChI=1S/C25H26FN3O2/c1-17-8-7-9-18(2)23(17)28-22(30)16-29(3)24(19-10-5-4-6-11-19)25(31)27-21-14-12-20(26)13-15-21/h4-15,24H,16H2,1-3H3,(H,27,31)(H,28,30)/t24-/m1/s1. The average molecular weight is 420 g/mol. The first-order chi connectivity index (χ1) is 14.8. The molecular formula is C25H26FN3O2. The van der Waals surface area contributed by atoms with Crippen molar-refractivity contribution in [3.8, 4) is 0 Å². The van der Waals surface area contributed by atoms with E-state index in [4.69, 9.17) is 0 Å². The van der Waals surface area contributed by atoms with Crippen molar-refractivity contribution in [2.75, 3.05) is 24.2 Å².